The molecule has 74 valence electrons. The van der Waals surface area contributed by atoms with Gasteiger partial charge in [-0.1, -0.05) is 17.7 Å². The van der Waals surface area contributed by atoms with E-state index < -0.39 is 18.4 Å². The summed E-state index contributed by atoms with van der Waals surface area (Å²) in [6.45, 7) is 0.230. The molecule has 0 spiro atoms. The van der Waals surface area contributed by atoms with Gasteiger partial charge in [-0.25, -0.2) is 0 Å². The van der Waals surface area contributed by atoms with Crippen molar-refractivity contribution in [3.63, 3.8) is 0 Å². The van der Waals surface area contributed by atoms with Crippen molar-refractivity contribution < 1.29 is 19.4 Å². The summed E-state index contributed by atoms with van der Waals surface area (Å²) >= 11 is 5.25. The lowest BCUT2D eigenvalue weighted by atomic mass is 10.3. The largest absolute Gasteiger partial charge is 0.481 e. The molecule has 0 bridgehead atoms. The van der Waals surface area contributed by atoms with Crippen molar-refractivity contribution in [2.24, 2.45) is 0 Å². The van der Waals surface area contributed by atoms with Crippen LogP contribution in [-0.4, -0.2) is 23.7 Å². The van der Waals surface area contributed by atoms with E-state index in [1.54, 1.807) is 6.08 Å². The third kappa shape index (κ3) is 8.88. The minimum atomic E-state index is -1.18. The van der Waals surface area contributed by atoms with Crippen molar-refractivity contribution in [1.82, 2.24) is 0 Å². The Morgan fingerprint density at radius 2 is 2.15 bits per heavy atom. The number of halogens is 1. The highest BCUT2D eigenvalue weighted by molar-refractivity contribution is 6.25. The van der Waals surface area contributed by atoms with Crippen molar-refractivity contribution in [2.75, 3.05) is 6.61 Å². The van der Waals surface area contributed by atoms with Gasteiger partial charge in [-0.3, -0.25) is 9.59 Å². The molecule has 0 aliphatic carbocycles. The second kappa shape index (κ2) is 7.61. The summed E-state index contributed by atoms with van der Waals surface area (Å²) in [7, 11) is 0. The van der Waals surface area contributed by atoms with Crippen LogP contribution in [-0.2, 0) is 14.3 Å². The fourth-order valence-corrected chi connectivity index (χ4v) is 0.751. The van der Waals surface area contributed by atoms with Gasteiger partial charge in [0, 0.05) is 5.54 Å². The van der Waals surface area contributed by atoms with Crippen LogP contribution in [0.15, 0.2) is 11.6 Å². The zero-order chi connectivity index (χ0) is 10.1. The Hall–Kier alpha value is -1.03. The van der Waals surface area contributed by atoms with E-state index in [1.165, 1.54) is 5.54 Å². The first kappa shape index (κ1) is 12.0. The first-order valence-electron chi connectivity index (χ1n) is 3.79. The smallest absolute Gasteiger partial charge is 0.317 e. The maximum absolute atomic E-state index is 10.6. The number of allylic oxidation sites excluding steroid dienone is 1. The van der Waals surface area contributed by atoms with Crippen molar-refractivity contribution in [1.29, 1.82) is 0 Å². The molecule has 0 heterocycles. The van der Waals surface area contributed by atoms with Crippen LogP contribution in [0.1, 0.15) is 19.3 Å². The molecule has 0 saturated heterocycles. The average Bonchev–Trinajstić information content (AvgIpc) is 2.02. The summed E-state index contributed by atoms with van der Waals surface area (Å²) in [6.07, 6.45) is 2.51. The minimum absolute atomic E-state index is 0.230. The fraction of sp³-hybridized carbons (Fsp3) is 0.500. The van der Waals surface area contributed by atoms with Gasteiger partial charge < -0.3 is 9.84 Å². The summed E-state index contributed by atoms with van der Waals surface area (Å²) in [4.78, 5) is 20.7. The van der Waals surface area contributed by atoms with Gasteiger partial charge in [-0.05, 0) is 12.8 Å². The molecule has 4 nitrogen and oxygen atoms in total. The third-order valence-electron chi connectivity index (χ3n) is 1.16. The third-order valence-corrected chi connectivity index (χ3v) is 1.34. The second-order valence-electron chi connectivity index (χ2n) is 2.29. The number of carbonyl (C=O) groups is 2. The SMILES string of the molecule is O=C(O)CC(=O)OCCCC=CCl. The Morgan fingerprint density at radius 1 is 1.46 bits per heavy atom. The quantitative estimate of drug-likeness (QED) is 0.407. The number of hydrogen-bond donors (Lipinski definition) is 1. The first-order chi connectivity index (χ1) is 6.16. The van der Waals surface area contributed by atoms with Crippen molar-refractivity contribution in [2.45, 2.75) is 19.3 Å². The molecule has 0 aromatic heterocycles. The maximum atomic E-state index is 10.6. The molecule has 0 aliphatic heterocycles. The van der Waals surface area contributed by atoms with Crippen molar-refractivity contribution in [3.8, 4) is 0 Å². The molecular formula is C8H11ClO4. The van der Waals surface area contributed by atoms with Crippen LogP contribution < -0.4 is 0 Å². The number of esters is 1. The Kier molecular flexibility index (Phi) is 7.01. The van der Waals surface area contributed by atoms with Gasteiger partial charge >= 0.3 is 11.9 Å². The number of carboxylic acids is 1. The topological polar surface area (TPSA) is 63.6 Å². The number of unbranched alkanes of at least 4 members (excludes halogenated alkanes) is 1. The van der Waals surface area contributed by atoms with Crippen LogP contribution in [0.25, 0.3) is 0 Å². The molecule has 0 aromatic rings. The van der Waals surface area contributed by atoms with Crippen LogP contribution in [0.2, 0.25) is 0 Å². The maximum Gasteiger partial charge on any atom is 0.317 e. The summed E-state index contributed by atoms with van der Waals surface area (Å²) in [5.74, 6) is -1.88. The summed E-state index contributed by atoms with van der Waals surface area (Å²) in [5.41, 5.74) is 1.39. The molecule has 0 aliphatic rings. The van der Waals surface area contributed by atoms with Crippen LogP contribution in [0.4, 0.5) is 0 Å². The lowest BCUT2D eigenvalue weighted by Crippen LogP contribution is -2.11. The standard InChI is InChI=1S/C8H11ClO4/c9-4-2-1-3-5-13-8(12)6-7(10)11/h2,4H,1,3,5-6H2,(H,10,11). The molecular weight excluding hydrogens is 196 g/mol. The Balaban J connectivity index is 3.32. The van der Waals surface area contributed by atoms with E-state index in [9.17, 15) is 9.59 Å². The predicted molar refractivity (Wildman–Crippen MR) is 47.4 cm³/mol. The van der Waals surface area contributed by atoms with Gasteiger partial charge in [0.2, 0.25) is 0 Å². The fourth-order valence-electron chi connectivity index (χ4n) is 0.625. The number of carbonyl (C=O) groups excluding carboxylic acids is 1. The van der Waals surface area contributed by atoms with Gasteiger partial charge in [-0.15, -0.1) is 0 Å². The van der Waals surface area contributed by atoms with E-state index >= 15 is 0 Å². The number of aliphatic carboxylic acids is 1. The Labute approximate surface area is 81.1 Å². The van der Waals surface area contributed by atoms with E-state index in [0.717, 1.165) is 0 Å². The molecule has 0 fully saturated rings. The van der Waals surface area contributed by atoms with Crippen LogP contribution in [0.3, 0.4) is 0 Å². The Bertz CT molecular complexity index is 200. The van der Waals surface area contributed by atoms with E-state index in [-0.39, 0.29) is 6.61 Å². The molecule has 13 heavy (non-hydrogen) atoms. The van der Waals surface area contributed by atoms with Gasteiger partial charge in [0.1, 0.15) is 6.42 Å². The molecule has 0 radical (unpaired) electrons. The minimum Gasteiger partial charge on any atom is -0.481 e. The van der Waals surface area contributed by atoms with E-state index in [0.29, 0.717) is 12.8 Å². The summed E-state index contributed by atoms with van der Waals surface area (Å²) < 4.78 is 4.60. The number of hydrogen-bond acceptors (Lipinski definition) is 3. The van der Waals surface area contributed by atoms with E-state index in [1.807, 2.05) is 0 Å². The molecule has 0 atom stereocenters. The van der Waals surface area contributed by atoms with Gasteiger partial charge in [-0.2, -0.15) is 0 Å². The Morgan fingerprint density at radius 3 is 2.69 bits per heavy atom. The van der Waals surface area contributed by atoms with E-state index in [2.05, 4.69) is 4.74 Å². The molecule has 0 unspecified atom stereocenters. The molecule has 0 rings (SSSR count). The lowest BCUT2D eigenvalue weighted by molar-refractivity contribution is -0.151. The van der Waals surface area contributed by atoms with Gasteiger partial charge in [0.25, 0.3) is 0 Å². The number of ether oxygens (including phenoxy) is 1. The summed E-state index contributed by atoms with van der Waals surface area (Å²) in [6, 6.07) is 0. The normalized spacial score (nSPS) is 10.2. The van der Waals surface area contributed by atoms with Crippen molar-refractivity contribution in [3.05, 3.63) is 11.6 Å². The van der Waals surface area contributed by atoms with E-state index in [4.69, 9.17) is 16.7 Å². The highest BCUT2D eigenvalue weighted by Crippen LogP contribution is 1.95. The van der Waals surface area contributed by atoms with Gasteiger partial charge in [0.05, 0.1) is 6.61 Å². The molecule has 5 heteroatoms. The van der Waals surface area contributed by atoms with Crippen LogP contribution in [0, 0.1) is 0 Å². The zero-order valence-corrected chi connectivity index (χ0v) is 7.79. The van der Waals surface area contributed by atoms with Crippen LogP contribution in [0.5, 0.6) is 0 Å². The van der Waals surface area contributed by atoms with Crippen LogP contribution >= 0.6 is 11.6 Å². The molecule has 0 saturated carbocycles. The molecule has 0 aromatic carbocycles. The zero-order valence-electron chi connectivity index (χ0n) is 7.03. The van der Waals surface area contributed by atoms with Gasteiger partial charge in [0.15, 0.2) is 0 Å². The molecule has 0 amide bonds. The first-order valence-corrected chi connectivity index (χ1v) is 4.23. The second-order valence-corrected chi connectivity index (χ2v) is 2.55. The monoisotopic (exact) mass is 206 g/mol. The molecule has 1 N–H and O–H groups in total. The number of rotatable bonds is 6. The predicted octanol–water partition coefficient (Wildman–Crippen LogP) is 1.54. The van der Waals surface area contributed by atoms with Crippen molar-refractivity contribution >= 4 is 23.5 Å². The lowest BCUT2D eigenvalue weighted by Gasteiger charge is -2.00. The average molecular weight is 207 g/mol. The highest BCUT2D eigenvalue weighted by atomic mass is 35.5. The highest BCUT2D eigenvalue weighted by Gasteiger charge is 2.07. The number of carboxylic acid groups (broad SMARTS) is 1. The summed E-state index contributed by atoms with van der Waals surface area (Å²) in [5, 5.41) is 8.20.